The minimum atomic E-state index is -0.758. The van der Waals surface area contributed by atoms with Crippen molar-refractivity contribution in [3.8, 4) is 0 Å². The number of carboxylic acids is 1. The maximum Gasteiger partial charge on any atom is 0.304 e. The van der Waals surface area contributed by atoms with E-state index in [4.69, 9.17) is 5.11 Å². The van der Waals surface area contributed by atoms with Crippen LogP contribution in [0.4, 0.5) is 0 Å². The molecule has 1 aromatic rings. The first-order chi connectivity index (χ1) is 10.7. The number of aliphatic carboxylic acids is 1. The predicted molar refractivity (Wildman–Crippen MR) is 87.8 cm³/mol. The second kappa shape index (κ2) is 8.88. The average molecular weight is 305 g/mol. The lowest BCUT2D eigenvalue weighted by molar-refractivity contribution is -0.136. The fraction of sp³-hybridized carbons (Fsp3) is 0.588. The van der Waals surface area contributed by atoms with E-state index in [-0.39, 0.29) is 6.42 Å². The highest BCUT2D eigenvalue weighted by molar-refractivity contribution is 5.66. The van der Waals surface area contributed by atoms with Crippen LogP contribution in [0.1, 0.15) is 24.5 Å². The normalized spacial score (nSPS) is 16.8. The molecule has 5 heteroatoms. The Kier molecular flexibility index (Phi) is 6.83. The van der Waals surface area contributed by atoms with Gasteiger partial charge in [0.25, 0.3) is 0 Å². The molecule has 1 aromatic carbocycles. The molecule has 1 fully saturated rings. The van der Waals surface area contributed by atoms with Gasteiger partial charge in [0.05, 0.1) is 6.42 Å². The number of nitrogens with zero attached hydrogens (tertiary/aromatic N) is 2. The minimum absolute atomic E-state index is 0.168. The van der Waals surface area contributed by atoms with Gasteiger partial charge in [0.1, 0.15) is 0 Å². The van der Waals surface area contributed by atoms with Crippen molar-refractivity contribution >= 4 is 5.97 Å². The summed E-state index contributed by atoms with van der Waals surface area (Å²) in [5.74, 6) is -0.758. The van der Waals surface area contributed by atoms with Crippen LogP contribution in [0.25, 0.3) is 0 Å². The highest BCUT2D eigenvalue weighted by Gasteiger charge is 2.15. The van der Waals surface area contributed by atoms with Gasteiger partial charge in [0.2, 0.25) is 0 Å². The highest BCUT2D eigenvalue weighted by Crippen LogP contribution is 2.10. The summed E-state index contributed by atoms with van der Waals surface area (Å²) in [5.41, 5.74) is 2.55. The van der Waals surface area contributed by atoms with Gasteiger partial charge in [-0.3, -0.25) is 9.69 Å². The van der Waals surface area contributed by atoms with Crippen LogP contribution < -0.4 is 5.32 Å². The summed E-state index contributed by atoms with van der Waals surface area (Å²) in [6.07, 6.45) is 0.168. The van der Waals surface area contributed by atoms with Crippen molar-refractivity contribution in [2.45, 2.75) is 26.4 Å². The summed E-state index contributed by atoms with van der Waals surface area (Å²) in [7, 11) is 0. The summed E-state index contributed by atoms with van der Waals surface area (Å²) >= 11 is 0. The van der Waals surface area contributed by atoms with Gasteiger partial charge in [-0.25, -0.2) is 0 Å². The Hall–Kier alpha value is -1.43. The Morgan fingerprint density at radius 3 is 2.27 bits per heavy atom. The Bertz CT molecular complexity index is 453. The molecule has 0 bridgehead atoms. The summed E-state index contributed by atoms with van der Waals surface area (Å²) < 4.78 is 0. The molecule has 2 rings (SSSR count). The highest BCUT2D eigenvalue weighted by atomic mass is 16.4. The van der Waals surface area contributed by atoms with Crippen molar-refractivity contribution < 1.29 is 9.90 Å². The summed E-state index contributed by atoms with van der Waals surface area (Å²) in [6, 6.07) is 8.62. The van der Waals surface area contributed by atoms with Crippen molar-refractivity contribution in [1.82, 2.24) is 15.1 Å². The first-order valence-electron chi connectivity index (χ1n) is 8.12. The molecule has 0 radical (unpaired) electrons. The summed E-state index contributed by atoms with van der Waals surface area (Å²) in [4.78, 5) is 15.4. The number of hydrogen-bond donors (Lipinski definition) is 2. The van der Waals surface area contributed by atoms with E-state index >= 15 is 0 Å². The van der Waals surface area contributed by atoms with E-state index in [2.05, 4.69) is 46.3 Å². The zero-order chi connectivity index (χ0) is 15.8. The SMILES string of the molecule is CCN1CCN(Cc2ccc(CNCCC(=O)O)cc2)CC1. The van der Waals surface area contributed by atoms with Crippen molar-refractivity contribution in [2.75, 3.05) is 39.3 Å². The van der Waals surface area contributed by atoms with Gasteiger partial charge >= 0.3 is 5.97 Å². The number of carbonyl (C=O) groups is 1. The molecule has 0 atom stereocenters. The maximum atomic E-state index is 10.4. The average Bonchev–Trinajstić information content (AvgIpc) is 2.54. The van der Waals surface area contributed by atoms with E-state index in [1.54, 1.807) is 0 Å². The molecule has 0 aromatic heterocycles. The van der Waals surface area contributed by atoms with Crippen LogP contribution >= 0.6 is 0 Å². The largest absolute Gasteiger partial charge is 0.481 e. The van der Waals surface area contributed by atoms with Crippen molar-refractivity contribution in [3.63, 3.8) is 0 Å². The molecular weight excluding hydrogens is 278 g/mol. The molecule has 1 saturated heterocycles. The van der Waals surface area contributed by atoms with E-state index in [9.17, 15) is 4.79 Å². The molecule has 0 amide bonds. The zero-order valence-corrected chi connectivity index (χ0v) is 13.4. The Morgan fingerprint density at radius 2 is 1.68 bits per heavy atom. The number of benzene rings is 1. The van der Waals surface area contributed by atoms with Crippen molar-refractivity contribution in [2.24, 2.45) is 0 Å². The van der Waals surface area contributed by atoms with E-state index in [1.807, 2.05) is 0 Å². The molecule has 0 spiro atoms. The molecule has 2 N–H and O–H groups in total. The number of rotatable bonds is 8. The van der Waals surface area contributed by atoms with E-state index in [1.165, 1.54) is 24.2 Å². The summed E-state index contributed by atoms with van der Waals surface area (Å²) in [6.45, 7) is 10.3. The first kappa shape index (κ1) is 16.9. The first-order valence-corrected chi connectivity index (χ1v) is 8.12. The van der Waals surface area contributed by atoms with Crippen LogP contribution in [0.5, 0.6) is 0 Å². The van der Waals surface area contributed by atoms with Crippen molar-refractivity contribution in [3.05, 3.63) is 35.4 Å². The van der Waals surface area contributed by atoms with E-state index in [0.717, 1.165) is 32.7 Å². The number of nitrogens with one attached hydrogen (secondary N) is 1. The van der Waals surface area contributed by atoms with Crippen LogP contribution in [0.2, 0.25) is 0 Å². The maximum absolute atomic E-state index is 10.4. The fourth-order valence-electron chi connectivity index (χ4n) is 2.71. The third-order valence-electron chi connectivity index (χ3n) is 4.19. The second-order valence-electron chi connectivity index (χ2n) is 5.85. The lowest BCUT2D eigenvalue weighted by atomic mass is 10.1. The van der Waals surface area contributed by atoms with Gasteiger partial charge in [-0.1, -0.05) is 31.2 Å². The number of piperazine rings is 1. The van der Waals surface area contributed by atoms with Crippen LogP contribution in [0.3, 0.4) is 0 Å². The molecule has 22 heavy (non-hydrogen) atoms. The van der Waals surface area contributed by atoms with Gasteiger partial charge in [0, 0.05) is 45.8 Å². The third kappa shape index (κ3) is 5.75. The molecule has 1 aliphatic heterocycles. The van der Waals surface area contributed by atoms with Crippen LogP contribution in [-0.2, 0) is 17.9 Å². The Morgan fingerprint density at radius 1 is 1.09 bits per heavy atom. The second-order valence-corrected chi connectivity index (χ2v) is 5.85. The van der Waals surface area contributed by atoms with Crippen LogP contribution in [0, 0.1) is 0 Å². The zero-order valence-electron chi connectivity index (χ0n) is 13.4. The molecule has 0 aliphatic carbocycles. The minimum Gasteiger partial charge on any atom is -0.481 e. The van der Waals surface area contributed by atoms with Gasteiger partial charge < -0.3 is 15.3 Å². The molecule has 1 heterocycles. The molecule has 0 unspecified atom stereocenters. The standard InChI is InChI=1S/C17H27N3O2/c1-2-19-9-11-20(12-10-19)14-16-5-3-15(4-6-16)13-18-8-7-17(21)22/h3-6,18H,2,7-14H2,1H3,(H,21,22). The predicted octanol–water partition coefficient (Wildman–Crippen LogP) is 1.39. The van der Waals surface area contributed by atoms with Gasteiger partial charge in [-0.05, 0) is 17.7 Å². The van der Waals surface area contributed by atoms with Gasteiger partial charge in [0.15, 0.2) is 0 Å². The third-order valence-corrected chi connectivity index (χ3v) is 4.19. The Labute approximate surface area is 132 Å². The van der Waals surface area contributed by atoms with E-state index < -0.39 is 5.97 Å². The van der Waals surface area contributed by atoms with Gasteiger partial charge in [-0.15, -0.1) is 0 Å². The van der Waals surface area contributed by atoms with Crippen LogP contribution in [0.15, 0.2) is 24.3 Å². The Balaban J connectivity index is 1.71. The number of carboxylic acid groups (broad SMARTS) is 1. The molecular formula is C17H27N3O2. The number of hydrogen-bond acceptors (Lipinski definition) is 4. The molecule has 122 valence electrons. The van der Waals surface area contributed by atoms with E-state index in [0.29, 0.717) is 6.54 Å². The monoisotopic (exact) mass is 305 g/mol. The topological polar surface area (TPSA) is 55.8 Å². The lowest BCUT2D eigenvalue weighted by Gasteiger charge is -2.34. The molecule has 1 aliphatic rings. The van der Waals surface area contributed by atoms with Gasteiger partial charge in [-0.2, -0.15) is 0 Å². The van der Waals surface area contributed by atoms with Crippen LogP contribution in [-0.4, -0.2) is 60.1 Å². The van der Waals surface area contributed by atoms with Crippen molar-refractivity contribution in [1.29, 1.82) is 0 Å². The summed E-state index contributed by atoms with van der Waals surface area (Å²) in [5, 5.41) is 11.7. The quantitative estimate of drug-likeness (QED) is 0.711. The molecule has 5 nitrogen and oxygen atoms in total. The fourth-order valence-corrected chi connectivity index (χ4v) is 2.71. The number of likely N-dealkylation sites (N-methyl/N-ethyl adjacent to an activating group) is 1. The molecule has 0 saturated carbocycles. The lowest BCUT2D eigenvalue weighted by Crippen LogP contribution is -2.45. The smallest absolute Gasteiger partial charge is 0.304 e.